The summed E-state index contributed by atoms with van der Waals surface area (Å²) in [4.78, 5) is 8.67. The van der Waals surface area contributed by atoms with Gasteiger partial charge in [-0.25, -0.2) is 9.97 Å². The monoisotopic (exact) mass is 381 g/mol. The molecule has 26 heavy (non-hydrogen) atoms. The van der Waals surface area contributed by atoms with Gasteiger partial charge in [-0.1, -0.05) is 41.7 Å². The molecule has 4 aromatic rings. The molecule has 0 radical (unpaired) electrons. The summed E-state index contributed by atoms with van der Waals surface area (Å²) in [6.07, 6.45) is 1.58. The zero-order valence-electron chi connectivity index (χ0n) is 13.9. The van der Waals surface area contributed by atoms with Gasteiger partial charge in [-0.05, 0) is 35.5 Å². The fraction of sp³-hybridized carbons (Fsp3) is 0.111. The fourth-order valence-electron chi connectivity index (χ4n) is 2.39. The summed E-state index contributed by atoms with van der Waals surface area (Å²) >= 11 is 3.01. The third-order valence-electron chi connectivity index (χ3n) is 3.70. The van der Waals surface area contributed by atoms with Crippen LogP contribution in [0.25, 0.3) is 10.9 Å². The van der Waals surface area contributed by atoms with Crippen LogP contribution in [0, 0.1) is 0 Å². The van der Waals surface area contributed by atoms with E-state index in [0.29, 0.717) is 6.54 Å². The molecule has 0 aliphatic rings. The average molecular weight is 381 g/mol. The van der Waals surface area contributed by atoms with E-state index in [1.165, 1.54) is 23.1 Å². The van der Waals surface area contributed by atoms with E-state index in [1.54, 1.807) is 13.4 Å². The minimum absolute atomic E-state index is 0.680. The van der Waals surface area contributed by atoms with Gasteiger partial charge in [-0.2, -0.15) is 0 Å². The van der Waals surface area contributed by atoms with Crippen LogP contribution >= 0.6 is 23.1 Å². The van der Waals surface area contributed by atoms with Crippen molar-refractivity contribution in [3.63, 3.8) is 0 Å². The molecule has 0 aliphatic carbocycles. The van der Waals surface area contributed by atoms with Crippen LogP contribution in [0.4, 0.5) is 5.13 Å². The molecule has 0 amide bonds. The molecule has 0 bridgehead atoms. The van der Waals surface area contributed by atoms with Crippen LogP contribution in [0.15, 0.2) is 64.2 Å². The second-order valence-electron chi connectivity index (χ2n) is 5.37. The first-order valence-electron chi connectivity index (χ1n) is 7.90. The summed E-state index contributed by atoms with van der Waals surface area (Å²) in [6.45, 7) is 0.680. The van der Waals surface area contributed by atoms with Gasteiger partial charge in [0.15, 0.2) is 4.34 Å². The zero-order valence-corrected chi connectivity index (χ0v) is 15.5. The minimum atomic E-state index is 0.680. The van der Waals surface area contributed by atoms with Gasteiger partial charge in [0, 0.05) is 11.9 Å². The Hall–Kier alpha value is -2.71. The van der Waals surface area contributed by atoms with Crippen molar-refractivity contribution in [2.45, 2.75) is 15.9 Å². The van der Waals surface area contributed by atoms with Gasteiger partial charge < -0.3 is 10.1 Å². The topological polar surface area (TPSA) is 72.8 Å². The summed E-state index contributed by atoms with van der Waals surface area (Å²) in [5.41, 5.74) is 2.07. The van der Waals surface area contributed by atoms with Crippen LogP contribution in [0.5, 0.6) is 5.75 Å². The lowest BCUT2D eigenvalue weighted by Gasteiger charge is -2.04. The third-order valence-corrected chi connectivity index (χ3v) is 5.65. The van der Waals surface area contributed by atoms with Gasteiger partial charge in [0.05, 0.1) is 12.6 Å². The fourth-order valence-corrected chi connectivity index (χ4v) is 4.13. The first kappa shape index (κ1) is 16.7. The average Bonchev–Trinajstić information content (AvgIpc) is 3.14. The van der Waals surface area contributed by atoms with Crippen molar-refractivity contribution in [1.82, 2.24) is 20.2 Å². The number of ether oxygens (including phenoxy) is 1. The maximum Gasteiger partial charge on any atom is 0.206 e. The van der Waals surface area contributed by atoms with Gasteiger partial charge in [0.25, 0.3) is 0 Å². The van der Waals surface area contributed by atoms with E-state index < -0.39 is 0 Å². The van der Waals surface area contributed by atoms with E-state index in [1.807, 2.05) is 48.5 Å². The molecule has 2 aromatic heterocycles. The van der Waals surface area contributed by atoms with E-state index in [4.69, 9.17) is 4.74 Å². The predicted molar refractivity (Wildman–Crippen MR) is 104 cm³/mol. The maximum absolute atomic E-state index is 5.17. The van der Waals surface area contributed by atoms with Crippen molar-refractivity contribution >= 4 is 39.1 Å². The number of methoxy groups -OCH3 is 1. The predicted octanol–water partition coefficient (Wildman–Crippen LogP) is 4.25. The van der Waals surface area contributed by atoms with Crippen molar-refractivity contribution < 1.29 is 4.74 Å². The van der Waals surface area contributed by atoms with Crippen molar-refractivity contribution in [1.29, 1.82) is 0 Å². The lowest BCUT2D eigenvalue weighted by atomic mass is 10.2. The normalized spacial score (nSPS) is 10.8. The van der Waals surface area contributed by atoms with Gasteiger partial charge in [0.2, 0.25) is 5.13 Å². The Labute approximate surface area is 158 Å². The Morgan fingerprint density at radius 2 is 1.88 bits per heavy atom. The zero-order chi connectivity index (χ0) is 17.8. The van der Waals surface area contributed by atoms with E-state index in [9.17, 15) is 0 Å². The van der Waals surface area contributed by atoms with E-state index in [-0.39, 0.29) is 0 Å². The molecule has 0 saturated heterocycles. The smallest absolute Gasteiger partial charge is 0.206 e. The molecule has 130 valence electrons. The second kappa shape index (κ2) is 7.67. The van der Waals surface area contributed by atoms with Crippen molar-refractivity contribution in [3.8, 4) is 5.75 Å². The Morgan fingerprint density at radius 3 is 2.73 bits per heavy atom. The van der Waals surface area contributed by atoms with Crippen LogP contribution in [-0.4, -0.2) is 27.3 Å². The molecule has 2 aromatic carbocycles. The molecule has 0 atom stereocenters. The third kappa shape index (κ3) is 3.76. The number of nitrogens with one attached hydrogen (secondary N) is 1. The Kier molecular flexibility index (Phi) is 4.94. The summed E-state index contributed by atoms with van der Waals surface area (Å²) in [6, 6.07) is 15.9. The molecule has 0 fully saturated rings. The summed E-state index contributed by atoms with van der Waals surface area (Å²) in [5.74, 6) is 0.848. The molecule has 8 heteroatoms. The lowest BCUT2D eigenvalue weighted by molar-refractivity contribution is 0.414. The Morgan fingerprint density at radius 1 is 1.04 bits per heavy atom. The van der Waals surface area contributed by atoms with Crippen LogP contribution in [0.3, 0.4) is 0 Å². The number of anilines is 1. The van der Waals surface area contributed by atoms with E-state index in [2.05, 4.69) is 25.5 Å². The van der Waals surface area contributed by atoms with Gasteiger partial charge in [-0.3, -0.25) is 0 Å². The van der Waals surface area contributed by atoms with Crippen LogP contribution < -0.4 is 10.1 Å². The highest BCUT2D eigenvalue weighted by atomic mass is 32.2. The number of hydrogen-bond donors (Lipinski definition) is 1. The summed E-state index contributed by atoms with van der Waals surface area (Å²) in [5, 5.41) is 14.4. The SMILES string of the molecule is COc1ccc(CNc2nnc(Sc3ncnc4ccccc34)s2)cc1. The molecule has 0 saturated carbocycles. The number of aromatic nitrogens is 4. The summed E-state index contributed by atoms with van der Waals surface area (Å²) < 4.78 is 6.01. The van der Waals surface area contributed by atoms with Crippen LogP contribution in [0.1, 0.15) is 5.56 Å². The highest BCUT2D eigenvalue weighted by Crippen LogP contribution is 2.34. The molecule has 2 heterocycles. The standard InChI is InChI=1S/C18H15N5OS2/c1-24-13-8-6-12(7-9-13)10-19-17-22-23-18(26-17)25-16-14-4-2-3-5-15(14)20-11-21-16/h2-9,11H,10H2,1H3,(H,19,22). The Bertz CT molecular complexity index is 1010. The number of rotatable bonds is 6. The molecule has 1 N–H and O–H groups in total. The molecule has 0 unspecified atom stereocenters. The van der Waals surface area contributed by atoms with Gasteiger partial charge >= 0.3 is 0 Å². The molecule has 0 spiro atoms. The van der Waals surface area contributed by atoms with E-state index >= 15 is 0 Å². The molecule has 6 nitrogen and oxygen atoms in total. The largest absolute Gasteiger partial charge is 0.497 e. The number of hydrogen-bond acceptors (Lipinski definition) is 8. The van der Waals surface area contributed by atoms with E-state index in [0.717, 1.165) is 36.7 Å². The van der Waals surface area contributed by atoms with Crippen molar-refractivity contribution in [3.05, 3.63) is 60.4 Å². The van der Waals surface area contributed by atoms with Gasteiger partial charge in [0.1, 0.15) is 17.1 Å². The van der Waals surface area contributed by atoms with Crippen molar-refractivity contribution in [2.75, 3.05) is 12.4 Å². The van der Waals surface area contributed by atoms with Gasteiger partial charge in [-0.15, -0.1) is 10.2 Å². The Balaban J connectivity index is 1.44. The van der Waals surface area contributed by atoms with Crippen LogP contribution in [-0.2, 0) is 6.54 Å². The number of nitrogens with zero attached hydrogens (tertiary/aromatic N) is 4. The highest BCUT2D eigenvalue weighted by Gasteiger charge is 2.10. The molecule has 0 aliphatic heterocycles. The summed E-state index contributed by atoms with van der Waals surface area (Å²) in [7, 11) is 1.66. The minimum Gasteiger partial charge on any atom is -0.497 e. The molecule has 4 rings (SSSR count). The van der Waals surface area contributed by atoms with Crippen LogP contribution in [0.2, 0.25) is 0 Å². The first-order valence-corrected chi connectivity index (χ1v) is 9.53. The number of benzene rings is 2. The second-order valence-corrected chi connectivity index (χ2v) is 7.59. The lowest BCUT2D eigenvalue weighted by Crippen LogP contribution is -1.98. The number of fused-ring (bicyclic) bond motifs is 1. The first-order chi connectivity index (χ1) is 12.8. The highest BCUT2D eigenvalue weighted by molar-refractivity contribution is 8.01. The molecular weight excluding hydrogens is 366 g/mol. The van der Waals surface area contributed by atoms with Crippen molar-refractivity contribution in [2.24, 2.45) is 0 Å². The quantitative estimate of drug-likeness (QED) is 0.500. The number of para-hydroxylation sites is 1. The molecular formula is C18H15N5OS2. The maximum atomic E-state index is 5.17.